The van der Waals surface area contributed by atoms with Crippen LogP contribution in [0, 0.1) is 0 Å². The van der Waals surface area contributed by atoms with Gasteiger partial charge in [-0.2, -0.15) is 4.98 Å². The molecule has 0 aromatic carbocycles. The van der Waals surface area contributed by atoms with Crippen molar-refractivity contribution in [1.82, 2.24) is 30.1 Å². The molecule has 0 aliphatic rings. The molecule has 7 nitrogen and oxygen atoms in total. The molecule has 0 saturated carbocycles. The lowest BCUT2D eigenvalue weighted by molar-refractivity contribution is 0.418. The quantitative estimate of drug-likeness (QED) is 0.732. The van der Waals surface area contributed by atoms with E-state index in [1.807, 2.05) is 12.3 Å². The first-order valence-electron chi connectivity index (χ1n) is 6.65. The molecule has 0 aliphatic carbocycles. The van der Waals surface area contributed by atoms with Crippen LogP contribution in [0.4, 0.5) is 0 Å². The summed E-state index contributed by atoms with van der Waals surface area (Å²) in [6.07, 6.45) is 6.94. The van der Waals surface area contributed by atoms with E-state index in [4.69, 9.17) is 4.52 Å². The molecule has 0 spiro atoms. The van der Waals surface area contributed by atoms with Gasteiger partial charge in [0.1, 0.15) is 6.54 Å². The second-order valence-electron chi connectivity index (χ2n) is 5.83. The summed E-state index contributed by atoms with van der Waals surface area (Å²) < 4.78 is 6.94. The van der Waals surface area contributed by atoms with E-state index in [1.54, 1.807) is 23.3 Å². The van der Waals surface area contributed by atoms with Gasteiger partial charge in [0, 0.05) is 18.6 Å². The maximum atomic E-state index is 5.30. The Labute approximate surface area is 122 Å². The zero-order chi connectivity index (χ0) is 14.9. The molecular weight excluding hydrogens is 268 g/mol. The van der Waals surface area contributed by atoms with Gasteiger partial charge in [0.25, 0.3) is 5.89 Å². The van der Waals surface area contributed by atoms with Crippen LogP contribution >= 0.6 is 0 Å². The summed E-state index contributed by atoms with van der Waals surface area (Å²) in [6, 6.07) is 2.03. The van der Waals surface area contributed by atoms with E-state index in [-0.39, 0.29) is 5.41 Å². The highest BCUT2D eigenvalue weighted by Crippen LogP contribution is 2.25. The largest absolute Gasteiger partial charge is 0.334 e. The molecular formula is C14H16N6O. The van der Waals surface area contributed by atoms with Crippen molar-refractivity contribution in [3.05, 3.63) is 42.2 Å². The highest BCUT2D eigenvalue weighted by molar-refractivity contribution is 5.52. The highest BCUT2D eigenvalue weighted by atomic mass is 16.5. The average Bonchev–Trinajstić information content (AvgIpc) is 3.10. The summed E-state index contributed by atoms with van der Waals surface area (Å²) in [7, 11) is 0. The van der Waals surface area contributed by atoms with Gasteiger partial charge in [0.15, 0.2) is 5.82 Å². The van der Waals surface area contributed by atoms with Crippen molar-refractivity contribution in [2.24, 2.45) is 0 Å². The summed E-state index contributed by atoms with van der Waals surface area (Å²) in [5.74, 6) is 1.01. The number of pyridine rings is 1. The molecule has 3 heterocycles. The molecule has 21 heavy (non-hydrogen) atoms. The van der Waals surface area contributed by atoms with Crippen LogP contribution in [0.25, 0.3) is 11.5 Å². The van der Waals surface area contributed by atoms with Crippen molar-refractivity contribution in [2.75, 3.05) is 0 Å². The monoisotopic (exact) mass is 284 g/mol. The van der Waals surface area contributed by atoms with Crippen molar-refractivity contribution < 1.29 is 4.52 Å². The van der Waals surface area contributed by atoms with Gasteiger partial charge in [-0.3, -0.25) is 4.98 Å². The normalized spacial score (nSPS) is 11.8. The third-order valence-corrected chi connectivity index (χ3v) is 3.09. The Morgan fingerprint density at radius 3 is 2.81 bits per heavy atom. The van der Waals surface area contributed by atoms with Crippen LogP contribution in [-0.4, -0.2) is 30.1 Å². The SMILES string of the molecule is CC(C)(C)c1cncc(-c2nc(Cn3ccnn3)no2)c1. The maximum Gasteiger partial charge on any atom is 0.259 e. The fraction of sp³-hybridized carbons (Fsp3) is 0.357. The van der Waals surface area contributed by atoms with Crippen molar-refractivity contribution in [3.63, 3.8) is 0 Å². The van der Waals surface area contributed by atoms with Crippen LogP contribution in [-0.2, 0) is 12.0 Å². The Morgan fingerprint density at radius 1 is 1.24 bits per heavy atom. The number of hydrogen-bond acceptors (Lipinski definition) is 6. The summed E-state index contributed by atoms with van der Waals surface area (Å²) in [5.41, 5.74) is 1.96. The Morgan fingerprint density at radius 2 is 2.10 bits per heavy atom. The number of nitrogens with zero attached hydrogens (tertiary/aromatic N) is 6. The summed E-state index contributed by atoms with van der Waals surface area (Å²) in [5, 5.41) is 11.6. The molecule has 0 aliphatic heterocycles. The molecule has 0 N–H and O–H groups in total. The van der Waals surface area contributed by atoms with E-state index < -0.39 is 0 Å². The number of hydrogen-bond donors (Lipinski definition) is 0. The lowest BCUT2D eigenvalue weighted by Crippen LogP contribution is -2.11. The second kappa shape index (κ2) is 5.08. The van der Waals surface area contributed by atoms with Gasteiger partial charge in [-0.05, 0) is 17.0 Å². The standard InChI is InChI=1S/C14H16N6O/c1-14(2,3)11-6-10(7-15-8-11)13-17-12(18-21-13)9-20-5-4-16-19-20/h4-8H,9H2,1-3H3. The van der Waals surface area contributed by atoms with Crippen LogP contribution < -0.4 is 0 Å². The van der Waals surface area contributed by atoms with Gasteiger partial charge in [-0.15, -0.1) is 5.10 Å². The number of rotatable bonds is 3. The third-order valence-electron chi connectivity index (χ3n) is 3.09. The first kappa shape index (κ1) is 13.4. The van der Waals surface area contributed by atoms with Gasteiger partial charge < -0.3 is 4.52 Å². The van der Waals surface area contributed by atoms with Crippen LogP contribution in [0.1, 0.15) is 32.2 Å². The van der Waals surface area contributed by atoms with Crippen molar-refractivity contribution in [3.8, 4) is 11.5 Å². The molecule has 108 valence electrons. The maximum absolute atomic E-state index is 5.30. The van der Waals surface area contributed by atoms with Crippen LogP contribution in [0.3, 0.4) is 0 Å². The molecule has 3 aromatic heterocycles. The van der Waals surface area contributed by atoms with Gasteiger partial charge in [0.05, 0.1) is 11.8 Å². The topological polar surface area (TPSA) is 82.5 Å². The van der Waals surface area contributed by atoms with Crippen molar-refractivity contribution >= 4 is 0 Å². The van der Waals surface area contributed by atoms with Crippen molar-refractivity contribution in [2.45, 2.75) is 32.7 Å². The molecule has 0 saturated heterocycles. The minimum Gasteiger partial charge on any atom is -0.334 e. The number of aromatic nitrogens is 6. The summed E-state index contributed by atoms with van der Waals surface area (Å²) in [4.78, 5) is 8.63. The molecule has 0 fully saturated rings. The first-order valence-corrected chi connectivity index (χ1v) is 6.65. The molecule has 3 rings (SSSR count). The average molecular weight is 284 g/mol. The van der Waals surface area contributed by atoms with Crippen LogP contribution in [0.15, 0.2) is 35.4 Å². The van der Waals surface area contributed by atoms with E-state index >= 15 is 0 Å². The van der Waals surface area contributed by atoms with Crippen LogP contribution in [0.2, 0.25) is 0 Å². The Bertz CT molecular complexity index is 726. The molecule has 0 amide bonds. The second-order valence-corrected chi connectivity index (χ2v) is 5.83. The molecule has 0 atom stereocenters. The lowest BCUT2D eigenvalue weighted by atomic mass is 9.88. The van der Waals surface area contributed by atoms with Gasteiger partial charge in [-0.1, -0.05) is 31.1 Å². The molecule has 7 heteroatoms. The molecule has 3 aromatic rings. The predicted octanol–water partition coefficient (Wildman–Crippen LogP) is 2.07. The smallest absolute Gasteiger partial charge is 0.259 e. The van der Waals surface area contributed by atoms with E-state index in [9.17, 15) is 0 Å². The first-order chi connectivity index (χ1) is 10.0. The third kappa shape index (κ3) is 2.96. The fourth-order valence-electron chi connectivity index (χ4n) is 1.86. The highest BCUT2D eigenvalue weighted by Gasteiger charge is 2.17. The summed E-state index contributed by atoms with van der Waals surface area (Å²) >= 11 is 0. The van der Waals surface area contributed by atoms with Crippen LogP contribution in [0.5, 0.6) is 0 Å². The fourth-order valence-corrected chi connectivity index (χ4v) is 1.86. The lowest BCUT2D eigenvalue weighted by Gasteiger charge is -2.18. The van der Waals surface area contributed by atoms with E-state index in [0.717, 1.165) is 11.1 Å². The summed E-state index contributed by atoms with van der Waals surface area (Å²) in [6.45, 7) is 6.84. The minimum atomic E-state index is 0.0204. The van der Waals surface area contributed by atoms with Gasteiger partial charge in [-0.25, -0.2) is 4.68 Å². The minimum absolute atomic E-state index is 0.0204. The zero-order valence-corrected chi connectivity index (χ0v) is 12.2. The van der Waals surface area contributed by atoms with E-state index in [0.29, 0.717) is 18.3 Å². The molecule has 0 bridgehead atoms. The predicted molar refractivity (Wildman–Crippen MR) is 75.4 cm³/mol. The molecule has 0 unspecified atom stereocenters. The Balaban J connectivity index is 1.86. The Hall–Kier alpha value is -2.57. The van der Waals surface area contributed by atoms with E-state index in [2.05, 4.69) is 46.2 Å². The molecule has 0 radical (unpaired) electrons. The van der Waals surface area contributed by atoms with Gasteiger partial charge >= 0.3 is 0 Å². The van der Waals surface area contributed by atoms with Crippen molar-refractivity contribution in [1.29, 1.82) is 0 Å². The Kier molecular flexibility index (Phi) is 3.25. The van der Waals surface area contributed by atoms with E-state index in [1.165, 1.54) is 0 Å². The van der Waals surface area contributed by atoms with Gasteiger partial charge in [0.2, 0.25) is 0 Å². The zero-order valence-electron chi connectivity index (χ0n) is 12.2.